The number of nitrogens with one attached hydrogen (secondary N) is 2. The summed E-state index contributed by atoms with van der Waals surface area (Å²) in [6.07, 6.45) is 0.649. The maximum Gasteiger partial charge on any atom is 0.243 e. The van der Waals surface area contributed by atoms with E-state index in [2.05, 4.69) is 10.0 Å². The van der Waals surface area contributed by atoms with Gasteiger partial charge in [0, 0.05) is 19.1 Å². The number of likely N-dealkylation sites (N-methyl/N-ethyl adjacent to an activating group) is 1. The van der Waals surface area contributed by atoms with E-state index in [0.717, 1.165) is 18.7 Å². The van der Waals surface area contributed by atoms with Gasteiger partial charge in [0.05, 0.1) is 0 Å². The molecule has 21 heavy (non-hydrogen) atoms. The monoisotopic (exact) mass is 319 g/mol. The molecule has 1 aromatic carbocycles. The fraction of sp³-hybridized carbons (Fsp3) is 0.538. The molecule has 1 aromatic rings. The molecule has 118 valence electrons. The highest BCUT2D eigenvalue weighted by Gasteiger charge is 2.28. The quantitative estimate of drug-likeness (QED) is 0.837. The molecule has 0 spiro atoms. The van der Waals surface area contributed by atoms with Gasteiger partial charge >= 0.3 is 0 Å². The Labute approximate surface area is 123 Å². The molecule has 0 amide bonds. The van der Waals surface area contributed by atoms with E-state index in [4.69, 9.17) is 0 Å². The topological polar surface area (TPSA) is 61.4 Å². The highest BCUT2D eigenvalue weighted by Crippen LogP contribution is 2.21. The molecular formula is C13H19F2N3O2S. The van der Waals surface area contributed by atoms with Crippen LogP contribution in [0, 0.1) is 11.6 Å². The van der Waals surface area contributed by atoms with E-state index in [9.17, 15) is 17.2 Å². The van der Waals surface area contributed by atoms with Crippen molar-refractivity contribution in [2.75, 3.05) is 27.2 Å². The van der Waals surface area contributed by atoms with Gasteiger partial charge in [-0.2, -0.15) is 0 Å². The first-order valence-electron chi connectivity index (χ1n) is 6.67. The number of hydrogen-bond donors (Lipinski definition) is 2. The minimum Gasteiger partial charge on any atom is -0.316 e. The summed E-state index contributed by atoms with van der Waals surface area (Å²) in [4.78, 5) is 1.34. The largest absolute Gasteiger partial charge is 0.316 e. The van der Waals surface area contributed by atoms with E-state index >= 15 is 0 Å². The molecule has 1 fully saturated rings. The molecule has 2 rings (SSSR count). The fourth-order valence-electron chi connectivity index (χ4n) is 2.43. The SMILES string of the molecule is CNCc1cc(F)c(F)c(S(=O)(=O)NC2CCN(C)C2)c1. The van der Waals surface area contributed by atoms with Crippen molar-refractivity contribution in [1.82, 2.24) is 14.9 Å². The first-order chi connectivity index (χ1) is 9.83. The number of nitrogens with zero attached hydrogens (tertiary/aromatic N) is 1. The van der Waals surface area contributed by atoms with Gasteiger partial charge in [-0.25, -0.2) is 21.9 Å². The Kier molecular flexibility index (Phi) is 4.92. The molecule has 0 saturated carbocycles. The summed E-state index contributed by atoms with van der Waals surface area (Å²) in [7, 11) is -0.563. The molecule has 5 nitrogen and oxygen atoms in total. The minimum atomic E-state index is -4.08. The lowest BCUT2D eigenvalue weighted by Gasteiger charge is -2.15. The van der Waals surface area contributed by atoms with E-state index in [-0.39, 0.29) is 12.6 Å². The van der Waals surface area contributed by atoms with Gasteiger partial charge in [-0.3, -0.25) is 0 Å². The molecule has 2 N–H and O–H groups in total. The van der Waals surface area contributed by atoms with Crippen molar-refractivity contribution in [2.45, 2.75) is 23.9 Å². The summed E-state index contributed by atoms with van der Waals surface area (Å²) in [5.74, 6) is -2.50. The molecular weight excluding hydrogens is 300 g/mol. The zero-order valence-corrected chi connectivity index (χ0v) is 12.8. The summed E-state index contributed by atoms with van der Waals surface area (Å²) in [6, 6.07) is 1.87. The molecule has 1 atom stereocenters. The average molecular weight is 319 g/mol. The first-order valence-corrected chi connectivity index (χ1v) is 8.15. The van der Waals surface area contributed by atoms with Gasteiger partial charge in [-0.15, -0.1) is 0 Å². The molecule has 0 aliphatic carbocycles. The maximum atomic E-state index is 13.8. The van der Waals surface area contributed by atoms with E-state index < -0.39 is 26.6 Å². The van der Waals surface area contributed by atoms with Gasteiger partial charge in [0.2, 0.25) is 10.0 Å². The molecule has 0 aromatic heterocycles. The van der Waals surface area contributed by atoms with Gasteiger partial charge in [-0.05, 0) is 44.8 Å². The van der Waals surface area contributed by atoms with Crippen molar-refractivity contribution in [3.8, 4) is 0 Å². The van der Waals surface area contributed by atoms with Gasteiger partial charge in [0.1, 0.15) is 4.90 Å². The van der Waals surface area contributed by atoms with Gasteiger partial charge < -0.3 is 10.2 Å². The minimum absolute atomic E-state index is 0.256. The zero-order chi connectivity index (χ0) is 15.6. The Bertz CT molecular complexity index is 622. The Morgan fingerprint density at radius 2 is 2.10 bits per heavy atom. The number of halogens is 2. The van der Waals surface area contributed by atoms with Crippen LogP contribution in [0.5, 0.6) is 0 Å². The summed E-state index contributed by atoms with van der Waals surface area (Å²) in [5.41, 5.74) is 0.375. The van der Waals surface area contributed by atoms with E-state index in [1.165, 1.54) is 0 Å². The zero-order valence-electron chi connectivity index (χ0n) is 12.0. The van der Waals surface area contributed by atoms with Crippen molar-refractivity contribution < 1.29 is 17.2 Å². The molecule has 8 heteroatoms. The van der Waals surface area contributed by atoms with E-state index in [1.54, 1.807) is 7.05 Å². The second-order valence-electron chi connectivity index (χ2n) is 5.29. The highest BCUT2D eigenvalue weighted by molar-refractivity contribution is 7.89. The third-order valence-electron chi connectivity index (χ3n) is 3.44. The normalized spacial score (nSPS) is 20.1. The van der Waals surface area contributed by atoms with Crippen LogP contribution in [-0.2, 0) is 16.6 Å². The van der Waals surface area contributed by atoms with Gasteiger partial charge in [-0.1, -0.05) is 0 Å². The third kappa shape index (κ3) is 3.76. The highest BCUT2D eigenvalue weighted by atomic mass is 32.2. The smallest absolute Gasteiger partial charge is 0.243 e. The Morgan fingerprint density at radius 1 is 1.38 bits per heavy atom. The number of benzene rings is 1. The summed E-state index contributed by atoms with van der Waals surface area (Å²) in [6.45, 7) is 1.58. The standard InChI is InChI=1S/C13H19F2N3O2S/c1-16-7-9-5-11(14)13(15)12(6-9)21(19,20)17-10-3-4-18(2)8-10/h5-6,10,16-17H,3-4,7-8H2,1-2H3. The Balaban J connectivity index is 2.30. The van der Waals surface area contributed by atoms with Crippen LogP contribution in [0.4, 0.5) is 8.78 Å². The van der Waals surface area contributed by atoms with Crippen molar-refractivity contribution in [3.63, 3.8) is 0 Å². The Hall–Kier alpha value is -1.09. The molecule has 1 saturated heterocycles. The third-order valence-corrected chi connectivity index (χ3v) is 4.96. The predicted molar refractivity (Wildman–Crippen MR) is 75.3 cm³/mol. The van der Waals surface area contributed by atoms with E-state index in [1.807, 2.05) is 11.9 Å². The molecule has 1 unspecified atom stereocenters. The maximum absolute atomic E-state index is 13.8. The number of hydrogen-bond acceptors (Lipinski definition) is 4. The van der Waals surface area contributed by atoms with Crippen molar-refractivity contribution in [1.29, 1.82) is 0 Å². The summed E-state index contributed by atoms with van der Waals surface area (Å²) in [5, 5.41) is 2.78. The molecule has 1 aliphatic rings. The van der Waals surface area contributed by atoms with Crippen LogP contribution in [-0.4, -0.2) is 46.5 Å². The van der Waals surface area contributed by atoms with Crippen LogP contribution in [0.15, 0.2) is 17.0 Å². The second kappa shape index (κ2) is 6.35. The molecule has 1 heterocycles. The van der Waals surface area contributed by atoms with Crippen LogP contribution >= 0.6 is 0 Å². The molecule has 0 bridgehead atoms. The van der Waals surface area contributed by atoms with Crippen LogP contribution in [0.3, 0.4) is 0 Å². The lowest BCUT2D eigenvalue weighted by atomic mass is 10.2. The molecule has 1 aliphatic heterocycles. The summed E-state index contributed by atoms with van der Waals surface area (Å²) >= 11 is 0. The lowest BCUT2D eigenvalue weighted by molar-refractivity contribution is 0.406. The van der Waals surface area contributed by atoms with Crippen molar-refractivity contribution in [2.24, 2.45) is 0 Å². The first kappa shape index (κ1) is 16.3. The van der Waals surface area contributed by atoms with Gasteiger partial charge in [0.15, 0.2) is 11.6 Å². The number of rotatable bonds is 5. The van der Waals surface area contributed by atoms with Crippen LogP contribution in [0.25, 0.3) is 0 Å². The number of sulfonamides is 1. The number of likely N-dealkylation sites (tertiary alicyclic amines) is 1. The Morgan fingerprint density at radius 3 is 2.67 bits per heavy atom. The second-order valence-corrected chi connectivity index (χ2v) is 6.97. The lowest BCUT2D eigenvalue weighted by Crippen LogP contribution is -2.37. The fourth-order valence-corrected chi connectivity index (χ4v) is 3.83. The molecule has 0 radical (unpaired) electrons. The van der Waals surface area contributed by atoms with E-state index in [0.29, 0.717) is 18.5 Å². The van der Waals surface area contributed by atoms with Crippen molar-refractivity contribution in [3.05, 3.63) is 29.3 Å². The van der Waals surface area contributed by atoms with Crippen molar-refractivity contribution >= 4 is 10.0 Å². The van der Waals surface area contributed by atoms with Crippen LogP contribution in [0.1, 0.15) is 12.0 Å². The van der Waals surface area contributed by atoms with Crippen LogP contribution in [0.2, 0.25) is 0 Å². The summed E-state index contributed by atoms with van der Waals surface area (Å²) < 4.78 is 54.4. The predicted octanol–water partition coefficient (Wildman–Crippen LogP) is 0.667. The average Bonchev–Trinajstić information content (AvgIpc) is 2.78. The van der Waals surface area contributed by atoms with Crippen LogP contribution < -0.4 is 10.0 Å². The van der Waals surface area contributed by atoms with Gasteiger partial charge in [0.25, 0.3) is 0 Å².